The highest BCUT2D eigenvalue weighted by atomic mass is 35.5. The lowest BCUT2D eigenvalue weighted by atomic mass is 10.0. The summed E-state index contributed by atoms with van der Waals surface area (Å²) >= 11 is 0. The molecule has 0 atom stereocenters. The molecule has 216 valence electrons. The largest absolute Gasteiger partial charge is 1.00 e. The molecule has 0 bridgehead atoms. The molecule has 4 aromatic rings. The van der Waals surface area contributed by atoms with Gasteiger partial charge in [0.1, 0.15) is 0 Å². The summed E-state index contributed by atoms with van der Waals surface area (Å²) in [5.74, 6) is -0.529. The molecular formula is C31H34ClN4O4S-. The number of carbonyl (C=O) groups excluding carboxylic acids is 1. The van der Waals surface area contributed by atoms with E-state index in [9.17, 15) is 13.2 Å². The number of rotatable bonds is 9. The molecule has 10 heteroatoms. The van der Waals surface area contributed by atoms with Gasteiger partial charge in [0.15, 0.2) is 0 Å². The van der Waals surface area contributed by atoms with Gasteiger partial charge < -0.3 is 27.7 Å². The Morgan fingerprint density at radius 2 is 1.22 bits per heavy atom. The standard InChI is InChI=1S/C31H32N4O3S.ClH.H2O/c1-34(2)27-17-13-24(14-18-27)30(25-15-19-28(20-16-25)35(3)4)33-31(36)26-11-8-12-29(21-26)39(37,38)32-22-23-9-6-5-7-10-23;;/h5-21,32H,22H2,1-4H3;1H;1H2/p-1. The van der Waals surface area contributed by atoms with Crippen LogP contribution in [0.1, 0.15) is 27.0 Å². The zero-order valence-corrected chi connectivity index (χ0v) is 24.9. The summed E-state index contributed by atoms with van der Waals surface area (Å²) in [6.07, 6.45) is 0. The molecule has 1 amide bonds. The Kier molecular flexibility index (Phi) is 11.8. The zero-order chi connectivity index (χ0) is 28.0. The Labute approximate surface area is 248 Å². The number of amides is 1. The first-order valence-electron chi connectivity index (χ1n) is 12.5. The van der Waals surface area contributed by atoms with Gasteiger partial charge in [0.05, 0.1) is 10.6 Å². The second-order valence-corrected chi connectivity index (χ2v) is 11.3. The zero-order valence-electron chi connectivity index (χ0n) is 23.4. The molecule has 0 saturated carbocycles. The van der Waals surface area contributed by atoms with Crippen LogP contribution in [-0.2, 0) is 16.6 Å². The van der Waals surface area contributed by atoms with Crippen molar-refractivity contribution in [1.82, 2.24) is 4.72 Å². The lowest BCUT2D eigenvalue weighted by Gasteiger charge is -2.15. The minimum absolute atomic E-state index is 0. The van der Waals surface area contributed by atoms with Crippen molar-refractivity contribution in [2.75, 3.05) is 38.0 Å². The number of halogens is 1. The van der Waals surface area contributed by atoms with Crippen LogP contribution in [0.4, 0.5) is 11.4 Å². The normalized spacial score (nSPS) is 10.5. The Bertz CT molecular complexity index is 1520. The third kappa shape index (κ3) is 8.48. The van der Waals surface area contributed by atoms with Gasteiger partial charge in [-0.15, -0.1) is 0 Å². The minimum atomic E-state index is -3.83. The van der Waals surface area contributed by atoms with Gasteiger partial charge >= 0.3 is 0 Å². The van der Waals surface area contributed by atoms with Crippen LogP contribution < -0.4 is 26.9 Å². The molecule has 0 aliphatic rings. The maximum Gasteiger partial charge on any atom is 0.277 e. The molecule has 41 heavy (non-hydrogen) atoms. The third-order valence-electron chi connectivity index (χ3n) is 6.23. The summed E-state index contributed by atoms with van der Waals surface area (Å²) in [5, 5.41) is 0. The third-order valence-corrected chi connectivity index (χ3v) is 7.63. The van der Waals surface area contributed by atoms with Crippen LogP contribution >= 0.6 is 0 Å². The average molecular weight is 594 g/mol. The number of sulfonamides is 1. The molecule has 0 spiro atoms. The predicted octanol–water partition coefficient (Wildman–Crippen LogP) is 1.15. The molecule has 0 saturated heterocycles. The van der Waals surface area contributed by atoms with E-state index in [4.69, 9.17) is 0 Å². The van der Waals surface area contributed by atoms with Gasteiger partial charge in [-0.2, -0.15) is 0 Å². The summed E-state index contributed by atoms with van der Waals surface area (Å²) in [4.78, 5) is 21.9. The SMILES string of the molecule is CN(C)c1ccc(C(=NC(=O)c2cccc(S(=O)(=O)NCc3ccccc3)c2)c2ccc(N(C)C)cc2)cc1.O.[Cl-]. The van der Waals surface area contributed by atoms with Crippen LogP contribution in [0.15, 0.2) is 113 Å². The summed E-state index contributed by atoms with van der Waals surface area (Å²) in [6, 6.07) is 30.8. The van der Waals surface area contributed by atoms with E-state index < -0.39 is 15.9 Å². The number of nitrogens with zero attached hydrogens (tertiary/aromatic N) is 3. The maximum absolute atomic E-state index is 13.4. The van der Waals surface area contributed by atoms with Crippen molar-refractivity contribution in [3.05, 3.63) is 125 Å². The molecule has 0 heterocycles. The van der Waals surface area contributed by atoms with Crippen molar-refractivity contribution in [2.45, 2.75) is 11.4 Å². The molecule has 8 nitrogen and oxygen atoms in total. The molecule has 0 fully saturated rings. The first-order valence-corrected chi connectivity index (χ1v) is 13.9. The van der Waals surface area contributed by atoms with Gasteiger partial charge in [-0.1, -0.05) is 60.7 Å². The first-order chi connectivity index (χ1) is 18.6. The highest BCUT2D eigenvalue weighted by Gasteiger charge is 2.17. The number of carbonyl (C=O) groups is 1. The number of anilines is 2. The molecule has 0 aromatic heterocycles. The van der Waals surface area contributed by atoms with Crippen molar-refractivity contribution in [3.8, 4) is 0 Å². The van der Waals surface area contributed by atoms with Gasteiger partial charge in [-0.05, 0) is 48.0 Å². The van der Waals surface area contributed by atoms with Crippen LogP contribution in [0.2, 0.25) is 0 Å². The van der Waals surface area contributed by atoms with Crippen molar-refractivity contribution in [1.29, 1.82) is 0 Å². The van der Waals surface area contributed by atoms with E-state index in [0.717, 1.165) is 28.1 Å². The quantitative estimate of drug-likeness (QED) is 0.293. The highest BCUT2D eigenvalue weighted by Crippen LogP contribution is 2.21. The van der Waals surface area contributed by atoms with Gasteiger partial charge in [-0.3, -0.25) is 4.79 Å². The lowest BCUT2D eigenvalue weighted by Crippen LogP contribution is -3.00. The summed E-state index contributed by atoms with van der Waals surface area (Å²) < 4.78 is 28.5. The molecule has 0 aliphatic carbocycles. The smallest absolute Gasteiger partial charge is 0.277 e. The molecule has 0 unspecified atom stereocenters. The van der Waals surface area contributed by atoms with Crippen molar-refractivity contribution in [2.24, 2.45) is 4.99 Å². The maximum atomic E-state index is 13.4. The number of aliphatic imine (C=N–C) groups is 1. The van der Waals surface area contributed by atoms with Crippen molar-refractivity contribution < 1.29 is 31.1 Å². The molecule has 4 rings (SSSR count). The molecule has 4 aromatic carbocycles. The van der Waals surface area contributed by atoms with Gasteiger partial charge in [-0.25, -0.2) is 18.1 Å². The van der Waals surface area contributed by atoms with E-state index in [0.29, 0.717) is 5.71 Å². The second-order valence-electron chi connectivity index (χ2n) is 9.49. The fraction of sp³-hybridized carbons (Fsp3) is 0.161. The monoisotopic (exact) mass is 593 g/mol. The van der Waals surface area contributed by atoms with E-state index in [1.807, 2.05) is 117 Å². The van der Waals surface area contributed by atoms with E-state index in [-0.39, 0.29) is 34.9 Å². The van der Waals surface area contributed by atoms with Gasteiger partial charge in [0.25, 0.3) is 5.91 Å². The summed E-state index contributed by atoms with van der Waals surface area (Å²) in [7, 11) is 4.01. The fourth-order valence-corrected chi connectivity index (χ4v) is 5.01. The molecule has 0 radical (unpaired) electrons. The predicted molar refractivity (Wildman–Crippen MR) is 162 cm³/mol. The van der Waals surface area contributed by atoms with Crippen molar-refractivity contribution in [3.63, 3.8) is 0 Å². The van der Waals surface area contributed by atoms with Crippen LogP contribution in [0.3, 0.4) is 0 Å². The summed E-state index contributed by atoms with van der Waals surface area (Å²) in [6.45, 7) is 0.148. The van der Waals surface area contributed by atoms with Gasteiger partial charge in [0, 0.05) is 62.8 Å². The van der Waals surface area contributed by atoms with Crippen LogP contribution in [0, 0.1) is 0 Å². The number of hydrogen-bond acceptors (Lipinski definition) is 5. The van der Waals surface area contributed by atoms with Crippen LogP contribution in [-0.4, -0.2) is 53.7 Å². The van der Waals surface area contributed by atoms with E-state index >= 15 is 0 Å². The summed E-state index contributed by atoms with van der Waals surface area (Å²) in [5.41, 5.74) is 5.13. The Balaban J connectivity index is 0.00000294. The second kappa shape index (κ2) is 14.6. The first kappa shape index (κ1) is 33.2. The minimum Gasteiger partial charge on any atom is -1.00 e. The Hall–Kier alpha value is -4.02. The Morgan fingerprint density at radius 3 is 1.71 bits per heavy atom. The van der Waals surface area contributed by atoms with Crippen molar-refractivity contribution >= 4 is 33.0 Å². The number of benzene rings is 4. The molecule has 3 N–H and O–H groups in total. The van der Waals surface area contributed by atoms with Gasteiger partial charge in [0.2, 0.25) is 10.0 Å². The van der Waals surface area contributed by atoms with Crippen LogP contribution in [0.5, 0.6) is 0 Å². The number of nitrogens with one attached hydrogen (secondary N) is 1. The van der Waals surface area contributed by atoms with E-state index in [1.165, 1.54) is 12.1 Å². The fourth-order valence-electron chi connectivity index (χ4n) is 3.95. The lowest BCUT2D eigenvalue weighted by molar-refractivity contribution is -0.0000195. The Morgan fingerprint density at radius 1 is 0.707 bits per heavy atom. The van der Waals surface area contributed by atoms with E-state index in [1.54, 1.807) is 12.1 Å². The average Bonchev–Trinajstić information content (AvgIpc) is 2.95. The highest BCUT2D eigenvalue weighted by molar-refractivity contribution is 7.89. The number of hydrogen-bond donors (Lipinski definition) is 1. The molecule has 0 aliphatic heterocycles. The topological polar surface area (TPSA) is 114 Å². The van der Waals surface area contributed by atoms with E-state index in [2.05, 4.69) is 9.71 Å². The van der Waals surface area contributed by atoms with Crippen LogP contribution in [0.25, 0.3) is 0 Å². The molecular weight excluding hydrogens is 560 g/mol.